The summed E-state index contributed by atoms with van der Waals surface area (Å²) in [7, 11) is 0. The van der Waals surface area contributed by atoms with Gasteiger partial charge in [0.2, 0.25) is 0 Å². The molecule has 0 atom stereocenters. The molecule has 2 aromatic rings. The fourth-order valence-corrected chi connectivity index (χ4v) is 1.62. The van der Waals surface area contributed by atoms with Gasteiger partial charge in [-0.25, -0.2) is 9.78 Å². The molecule has 0 aliphatic carbocycles. The lowest BCUT2D eigenvalue weighted by Gasteiger charge is -2.19. The van der Waals surface area contributed by atoms with Crippen molar-refractivity contribution >= 4 is 17.0 Å². The molecule has 0 unspecified atom stereocenters. The molecule has 0 bridgehead atoms. The zero-order valence-electron chi connectivity index (χ0n) is 10.8. The molecule has 5 heteroatoms. The van der Waals surface area contributed by atoms with Gasteiger partial charge in [-0.05, 0) is 39.0 Å². The first-order valence-corrected chi connectivity index (χ1v) is 5.81. The topological polar surface area (TPSA) is 81.0 Å². The Bertz CT molecular complexity index is 581. The fourth-order valence-electron chi connectivity index (χ4n) is 1.62. The van der Waals surface area contributed by atoms with Gasteiger partial charge in [-0.2, -0.15) is 0 Å². The minimum atomic E-state index is -0.498. The van der Waals surface area contributed by atoms with Gasteiger partial charge >= 0.3 is 5.97 Å². The van der Waals surface area contributed by atoms with E-state index >= 15 is 0 Å². The third-order valence-corrected chi connectivity index (χ3v) is 2.36. The second kappa shape index (κ2) is 4.42. The summed E-state index contributed by atoms with van der Waals surface area (Å²) in [6, 6.07) is 5.22. The molecule has 96 valence electrons. The maximum atomic E-state index is 11.9. The fraction of sp³-hybridized carbons (Fsp3) is 0.385. The van der Waals surface area contributed by atoms with Gasteiger partial charge in [0.15, 0.2) is 0 Å². The summed E-state index contributed by atoms with van der Waals surface area (Å²) in [4.78, 5) is 19.2. The number of fused-ring (bicyclic) bond motifs is 1. The number of nitrogens with two attached hydrogens (primary N) is 1. The number of carbonyl (C=O) groups excluding carboxylic acids is 1. The summed E-state index contributed by atoms with van der Waals surface area (Å²) >= 11 is 0. The second-order valence-corrected chi connectivity index (χ2v) is 5.12. The van der Waals surface area contributed by atoms with Crippen molar-refractivity contribution in [2.75, 3.05) is 0 Å². The summed E-state index contributed by atoms with van der Waals surface area (Å²) in [5, 5.41) is 0. The highest BCUT2D eigenvalue weighted by Gasteiger charge is 2.18. The molecular weight excluding hydrogens is 230 g/mol. The van der Waals surface area contributed by atoms with Crippen molar-refractivity contribution in [1.82, 2.24) is 9.97 Å². The van der Waals surface area contributed by atoms with Crippen LogP contribution in [0.5, 0.6) is 0 Å². The Morgan fingerprint density at radius 1 is 1.44 bits per heavy atom. The Morgan fingerprint density at radius 2 is 2.17 bits per heavy atom. The number of nitrogens with one attached hydrogen (secondary N) is 1. The van der Waals surface area contributed by atoms with E-state index in [0.29, 0.717) is 17.9 Å². The van der Waals surface area contributed by atoms with Crippen LogP contribution in [0, 0.1) is 0 Å². The number of hydrogen-bond acceptors (Lipinski definition) is 4. The van der Waals surface area contributed by atoms with E-state index in [9.17, 15) is 4.79 Å². The van der Waals surface area contributed by atoms with E-state index in [4.69, 9.17) is 10.5 Å². The van der Waals surface area contributed by atoms with Crippen molar-refractivity contribution in [1.29, 1.82) is 0 Å². The summed E-state index contributed by atoms with van der Waals surface area (Å²) in [6.45, 7) is 5.86. The minimum Gasteiger partial charge on any atom is -0.456 e. The zero-order chi connectivity index (χ0) is 13.3. The van der Waals surface area contributed by atoms with E-state index in [2.05, 4.69) is 9.97 Å². The molecule has 0 aliphatic heterocycles. The number of carbonyl (C=O) groups is 1. The highest BCUT2D eigenvalue weighted by Crippen LogP contribution is 2.17. The Labute approximate surface area is 105 Å². The molecule has 0 saturated carbocycles. The van der Waals surface area contributed by atoms with Crippen LogP contribution in [0.25, 0.3) is 11.0 Å². The first kappa shape index (κ1) is 12.6. The van der Waals surface area contributed by atoms with E-state index in [1.165, 1.54) is 0 Å². The second-order valence-electron chi connectivity index (χ2n) is 5.12. The van der Waals surface area contributed by atoms with Gasteiger partial charge < -0.3 is 15.5 Å². The predicted molar refractivity (Wildman–Crippen MR) is 69.2 cm³/mol. The van der Waals surface area contributed by atoms with Crippen molar-refractivity contribution in [2.45, 2.75) is 32.9 Å². The quantitative estimate of drug-likeness (QED) is 0.795. The van der Waals surface area contributed by atoms with Crippen molar-refractivity contribution in [3.8, 4) is 0 Å². The molecule has 2 rings (SSSR count). The Balaban J connectivity index is 2.32. The van der Waals surface area contributed by atoms with E-state index in [-0.39, 0.29) is 5.97 Å². The summed E-state index contributed by atoms with van der Waals surface area (Å²) in [5.41, 5.74) is 7.10. The number of aromatic nitrogens is 2. The number of ether oxygens (including phenoxy) is 1. The van der Waals surface area contributed by atoms with Gasteiger partial charge in [-0.3, -0.25) is 0 Å². The summed E-state index contributed by atoms with van der Waals surface area (Å²) < 4.78 is 5.31. The van der Waals surface area contributed by atoms with Crippen LogP contribution in [-0.4, -0.2) is 21.5 Å². The lowest BCUT2D eigenvalue weighted by atomic mass is 10.1. The largest absolute Gasteiger partial charge is 0.456 e. The van der Waals surface area contributed by atoms with Crippen molar-refractivity contribution in [2.24, 2.45) is 5.73 Å². The van der Waals surface area contributed by atoms with E-state index in [0.717, 1.165) is 11.0 Å². The van der Waals surface area contributed by atoms with E-state index in [1.807, 2.05) is 20.8 Å². The molecular formula is C13H17N3O2. The van der Waals surface area contributed by atoms with Crippen molar-refractivity contribution < 1.29 is 9.53 Å². The zero-order valence-corrected chi connectivity index (χ0v) is 10.8. The molecule has 3 N–H and O–H groups in total. The third-order valence-electron chi connectivity index (χ3n) is 2.36. The lowest BCUT2D eigenvalue weighted by Crippen LogP contribution is -2.23. The normalized spacial score (nSPS) is 11.8. The van der Waals surface area contributed by atoms with Crippen LogP contribution in [0.1, 0.15) is 37.0 Å². The summed E-state index contributed by atoms with van der Waals surface area (Å²) in [6.07, 6.45) is 0. The molecule has 0 radical (unpaired) electrons. The number of esters is 1. The number of rotatable bonds is 2. The SMILES string of the molecule is CC(C)(C)OC(=O)c1ccc2nc(CN)[nH]c2c1. The van der Waals surface area contributed by atoms with Gasteiger partial charge in [0.05, 0.1) is 23.1 Å². The highest BCUT2D eigenvalue weighted by atomic mass is 16.6. The Hall–Kier alpha value is -1.88. The minimum absolute atomic E-state index is 0.340. The van der Waals surface area contributed by atoms with Gasteiger partial charge in [-0.1, -0.05) is 0 Å². The standard InChI is InChI=1S/C13H17N3O2/c1-13(2,3)18-12(17)8-4-5-9-10(6-8)16-11(7-14)15-9/h4-6H,7,14H2,1-3H3,(H,15,16). The summed E-state index contributed by atoms with van der Waals surface area (Å²) in [5.74, 6) is 0.361. The van der Waals surface area contributed by atoms with Crippen LogP contribution < -0.4 is 5.73 Å². The van der Waals surface area contributed by atoms with E-state index in [1.54, 1.807) is 18.2 Å². The monoisotopic (exact) mass is 247 g/mol. The molecule has 0 amide bonds. The number of H-pyrrole nitrogens is 1. The van der Waals surface area contributed by atoms with Crippen LogP contribution in [0.2, 0.25) is 0 Å². The first-order valence-electron chi connectivity index (χ1n) is 5.81. The maximum Gasteiger partial charge on any atom is 0.338 e. The molecule has 0 saturated heterocycles. The van der Waals surface area contributed by atoms with E-state index < -0.39 is 5.60 Å². The first-order chi connectivity index (χ1) is 8.39. The number of aromatic amines is 1. The van der Waals surface area contributed by atoms with Crippen molar-refractivity contribution in [3.05, 3.63) is 29.6 Å². The smallest absolute Gasteiger partial charge is 0.338 e. The van der Waals surface area contributed by atoms with Gasteiger partial charge in [0.25, 0.3) is 0 Å². The Kier molecular flexibility index (Phi) is 3.09. The average Bonchev–Trinajstić information content (AvgIpc) is 2.68. The van der Waals surface area contributed by atoms with Crippen LogP contribution in [0.3, 0.4) is 0 Å². The average molecular weight is 247 g/mol. The molecule has 5 nitrogen and oxygen atoms in total. The van der Waals surface area contributed by atoms with Crippen LogP contribution >= 0.6 is 0 Å². The predicted octanol–water partition coefficient (Wildman–Crippen LogP) is 1.98. The number of hydrogen-bond donors (Lipinski definition) is 2. The number of nitrogens with zero attached hydrogens (tertiary/aromatic N) is 1. The highest BCUT2D eigenvalue weighted by molar-refractivity contribution is 5.93. The molecule has 0 fully saturated rings. The molecule has 1 heterocycles. The van der Waals surface area contributed by atoms with Crippen LogP contribution in [-0.2, 0) is 11.3 Å². The van der Waals surface area contributed by atoms with Gasteiger partial charge in [-0.15, -0.1) is 0 Å². The van der Waals surface area contributed by atoms with Crippen LogP contribution in [0.4, 0.5) is 0 Å². The third kappa shape index (κ3) is 2.68. The number of benzene rings is 1. The molecule has 0 aliphatic rings. The van der Waals surface area contributed by atoms with Gasteiger partial charge in [0.1, 0.15) is 11.4 Å². The molecule has 1 aromatic carbocycles. The van der Waals surface area contributed by atoms with Crippen LogP contribution in [0.15, 0.2) is 18.2 Å². The molecule has 18 heavy (non-hydrogen) atoms. The Morgan fingerprint density at radius 3 is 2.78 bits per heavy atom. The van der Waals surface area contributed by atoms with Gasteiger partial charge in [0, 0.05) is 0 Å². The molecule has 0 spiro atoms. The maximum absolute atomic E-state index is 11.9. The molecule has 1 aromatic heterocycles. The van der Waals surface area contributed by atoms with Crippen molar-refractivity contribution in [3.63, 3.8) is 0 Å². The number of imidazole rings is 1. The lowest BCUT2D eigenvalue weighted by molar-refractivity contribution is 0.00697.